The van der Waals surface area contributed by atoms with Crippen molar-refractivity contribution < 1.29 is 32.1 Å². The van der Waals surface area contributed by atoms with E-state index in [9.17, 15) is 22.7 Å². The number of aromatic nitrogens is 5. The number of β-amino-alcohol motifs (C(OH)–C–C–N with tert-alkyl or cyclic N) is 1. The van der Waals surface area contributed by atoms with Crippen molar-refractivity contribution in [1.82, 2.24) is 30.0 Å². The number of H-pyrrole nitrogens is 1. The van der Waals surface area contributed by atoms with Crippen molar-refractivity contribution in [2.75, 3.05) is 50.9 Å². The molecule has 0 amide bonds. The first-order valence-electron chi connectivity index (χ1n) is 16.3. The lowest BCUT2D eigenvalue weighted by atomic mass is 9.93. The standard InChI is InChI=1S/C34H35F4N7O3S/c1-3-5-20-23(34(36,37)38)12-24-22(14-40-43-24)25(20)27-28-21(6-8-39-27)26-29(44-10-11-47-17-32(2,46)16-44)41-31(42-30(26)49-28)48-18-33-7-4-9-45(33)15-19(35)13-33/h3,5-6,8,12,14,19,46H,4,7,9-11,13,15-18H2,1-2H3,(H,40,43)/b5-3-/t19-,32+,33+/m1/s1. The predicted octanol–water partition coefficient (Wildman–Crippen LogP) is 6.38. The quantitative estimate of drug-likeness (QED) is 0.195. The average Bonchev–Trinajstić information content (AvgIpc) is 3.80. The highest BCUT2D eigenvalue weighted by Gasteiger charge is 2.49. The van der Waals surface area contributed by atoms with Gasteiger partial charge in [0, 0.05) is 42.0 Å². The van der Waals surface area contributed by atoms with E-state index in [2.05, 4.69) is 20.1 Å². The summed E-state index contributed by atoms with van der Waals surface area (Å²) in [7, 11) is 0. The second kappa shape index (κ2) is 11.9. The average molecular weight is 698 g/mol. The smallest absolute Gasteiger partial charge is 0.417 e. The molecule has 3 aliphatic rings. The fourth-order valence-electron chi connectivity index (χ4n) is 7.80. The largest absolute Gasteiger partial charge is 0.461 e. The van der Waals surface area contributed by atoms with Gasteiger partial charge in [0.2, 0.25) is 0 Å². The van der Waals surface area contributed by atoms with Crippen LogP contribution in [-0.4, -0.2) is 98.5 Å². The number of anilines is 1. The lowest BCUT2D eigenvalue weighted by Crippen LogP contribution is -2.43. The van der Waals surface area contributed by atoms with E-state index in [0.717, 1.165) is 25.5 Å². The molecule has 0 radical (unpaired) electrons. The number of hydrogen-bond acceptors (Lipinski definition) is 10. The van der Waals surface area contributed by atoms with E-state index in [0.29, 0.717) is 68.9 Å². The summed E-state index contributed by atoms with van der Waals surface area (Å²) in [6.45, 7) is 5.93. The number of aromatic amines is 1. The maximum Gasteiger partial charge on any atom is 0.417 e. The molecule has 10 nitrogen and oxygen atoms in total. The van der Waals surface area contributed by atoms with Gasteiger partial charge in [-0.1, -0.05) is 12.2 Å². The summed E-state index contributed by atoms with van der Waals surface area (Å²) in [6.07, 6.45) is 2.74. The number of alkyl halides is 4. The minimum absolute atomic E-state index is 0.0134. The molecule has 8 rings (SSSR count). The number of nitrogens with zero attached hydrogens (tertiary/aromatic N) is 6. The van der Waals surface area contributed by atoms with E-state index >= 15 is 0 Å². The molecule has 7 heterocycles. The summed E-state index contributed by atoms with van der Waals surface area (Å²) in [5, 5.41) is 19.8. The summed E-state index contributed by atoms with van der Waals surface area (Å²) in [6, 6.07) is 3.00. The molecule has 3 atom stereocenters. The molecule has 4 aromatic heterocycles. The number of halogens is 4. The number of nitrogens with one attached hydrogen (secondary N) is 1. The molecule has 1 aromatic carbocycles. The molecule has 0 saturated carbocycles. The maximum absolute atomic E-state index is 14.5. The second-order valence-electron chi connectivity index (χ2n) is 13.5. The van der Waals surface area contributed by atoms with E-state index in [1.807, 2.05) is 11.0 Å². The van der Waals surface area contributed by atoms with Crippen molar-refractivity contribution in [3.05, 3.63) is 41.7 Å². The zero-order valence-corrected chi connectivity index (χ0v) is 27.8. The van der Waals surface area contributed by atoms with Crippen LogP contribution in [0.5, 0.6) is 6.01 Å². The van der Waals surface area contributed by atoms with Crippen LogP contribution in [-0.2, 0) is 10.9 Å². The second-order valence-corrected chi connectivity index (χ2v) is 14.5. The van der Waals surface area contributed by atoms with Gasteiger partial charge < -0.3 is 19.5 Å². The Hall–Kier alpha value is -3.92. The molecule has 15 heteroatoms. The van der Waals surface area contributed by atoms with Crippen LogP contribution in [0.25, 0.3) is 48.5 Å². The minimum atomic E-state index is -4.64. The zero-order valence-electron chi connectivity index (χ0n) is 27.0. The summed E-state index contributed by atoms with van der Waals surface area (Å²) in [5.74, 6) is 0.510. The number of benzene rings is 1. The number of pyridine rings is 1. The van der Waals surface area contributed by atoms with Gasteiger partial charge in [0.25, 0.3) is 0 Å². The van der Waals surface area contributed by atoms with Crippen molar-refractivity contribution in [3.8, 4) is 17.3 Å². The van der Waals surface area contributed by atoms with Crippen molar-refractivity contribution in [2.45, 2.75) is 56.6 Å². The molecule has 2 N–H and O–H groups in total. The van der Waals surface area contributed by atoms with Crippen LogP contribution in [0, 0.1) is 0 Å². The third-order valence-electron chi connectivity index (χ3n) is 9.85. The zero-order chi connectivity index (χ0) is 34.1. The van der Waals surface area contributed by atoms with Crippen LogP contribution in [0.15, 0.2) is 30.6 Å². The lowest BCUT2D eigenvalue weighted by molar-refractivity contribution is -0.137. The van der Waals surface area contributed by atoms with Gasteiger partial charge in [-0.05, 0) is 50.9 Å². The van der Waals surface area contributed by atoms with Crippen molar-refractivity contribution in [2.24, 2.45) is 0 Å². The Morgan fingerprint density at radius 3 is 2.92 bits per heavy atom. The van der Waals surface area contributed by atoms with Crippen LogP contribution in [0.2, 0.25) is 0 Å². The highest BCUT2D eigenvalue weighted by molar-refractivity contribution is 7.26. The molecule has 0 spiro atoms. The minimum Gasteiger partial charge on any atom is -0.461 e. The van der Waals surface area contributed by atoms with E-state index in [4.69, 9.17) is 19.4 Å². The molecule has 3 fully saturated rings. The van der Waals surface area contributed by atoms with Crippen LogP contribution in [0.3, 0.4) is 0 Å². The normalized spacial score (nSPS) is 25.3. The van der Waals surface area contributed by atoms with Gasteiger partial charge in [-0.15, -0.1) is 11.3 Å². The Kier molecular flexibility index (Phi) is 7.81. The first-order valence-corrected chi connectivity index (χ1v) is 17.1. The van der Waals surface area contributed by atoms with Crippen molar-refractivity contribution >= 4 is 54.4 Å². The molecule has 258 valence electrons. The highest BCUT2D eigenvalue weighted by Crippen LogP contribution is 2.47. The molecule has 5 aromatic rings. The lowest BCUT2D eigenvalue weighted by Gasteiger charge is -2.31. The molecular weight excluding hydrogens is 662 g/mol. The van der Waals surface area contributed by atoms with Gasteiger partial charge in [0.05, 0.1) is 58.4 Å². The summed E-state index contributed by atoms with van der Waals surface area (Å²) >= 11 is 1.29. The molecule has 0 bridgehead atoms. The molecule has 0 unspecified atom stereocenters. The Labute approximate surface area is 282 Å². The Morgan fingerprint density at radius 2 is 2.10 bits per heavy atom. The van der Waals surface area contributed by atoms with E-state index < -0.39 is 29.1 Å². The predicted molar refractivity (Wildman–Crippen MR) is 180 cm³/mol. The van der Waals surface area contributed by atoms with Gasteiger partial charge in [-0.25, -0.2) is 4.39 Å². The molecule has 3 aliphatic heterocycles. The maximum atomic E-state index is 14.5. The third kappa shape index (κ3) is 5.60. The number of rotatable bonds is 6. The van der Waals surface area contributed by atoms with E-state index in [1.165, 1.54) is 23.6 Å². The van der Waals surface area contributed by atoms with Crippen molar-refractivity contribution in [1.29, 1.82) is 0 Å². The summed E-state index contributed by atoms with van der Waals surface area (Å²) in [5.41, 5.74) is -1.52. The first kappa shape index (κ1) is 32.3. The van der Waals surface area contributed by atoms with Gasteiger partial charge in [0.1, 0.15) is 29.0 Å². The molecule has 0 aliphatic carbocycles. The Bertz CT molecular complexity index is 2100. The fourth-order valence-corrected chi connectivity index (χ4v) is 8.96. The van der Waals surface area contributed by atoms with Crippen molar-refractivity contribution in [3.63, 3.8) is 0 Å². The molecular formula is C34H35F4N7O3S. The van der Waals surface area contributed by atoms with Crippen LogP contribution >= 0.6 is 11.3 Å². The Balaban J connectivity index is 1.33. The Morgan fingerprint density at radius 1 is 1.24 bits per heavy atom. The fraction of sp³-hybridized carbons (Fsp3) is 0.471. The molecule has 49 heavy (non-hydrogen) atoms. The van der Waals surface area contributed by atoms with E-state index in [1.54, 1.807) is 26.1 Å². The number of thiophene rings is 1. The third-order valence-corrected chi connectivity index (χ3v) is 11.0. The van der Waals surface area contributed by atoms with E-state index in [-0.39, 0.29) is 36.8 Å². The van der Waals surface area contributed by atoms with Gasteiger partial charge in [-0.2, -0.15) is 28.2 Å². The number of aliphatic hydroxyl groups is 1. The topological polar surface area (TPSA) is 113 Å². The summed E-state index contributed by atoms with van der Waals surface area (Å²) < 4.78 is 70.7. The van der Waals surface area contributed by atoms with Gasteiger partial charge in [-0.3, -0.25) is 15.0 Å². The van der Waals surface area contributed by atoms with Crippen LogP contribution in [0.1, 0.15) is 44.2 Å². The van der Waals surface area contributed by atoms with Gasteiger partial charge in [0.15, 0.2) is 0 Å². The number of hydrogen-bond donors (Lipinski definition) is 2. The first-order chi connectivity index (χ1) is 23.5. The van der Waals surface area contributed by atoms with Gasteiger partial charge >= 0.3 is 12.2 Å². The highest BCUT2D eigenvalue weighted by atomic mass is 32.1. The number of fused-ring (bicyclic) bond motifs is 5. The monoisotopic (exact) mass is 697 g/mol. The van der Waals surface area contributed by atoms with Crippen LogP contribution in [0.4, 0.5) is 23.4 Å². The SMILES string of the molecule is C/C=C\c1c(C(F)(F)F)cc2[nH]ncc2c1-c1nccc2c1sc1nc(OC[C@@]34CCCN3C[C@H](F)C4)nc(N3CCOC[C@@](C)(O)C3)c12. The summed E-state index contributed by atoms with van der Waals surface area (Å²) in [4.78, 5) is 19.1. The number of ether oxygens (including phenoxy) is 2. The molecule has 3 saturated heterocycles. The van der Waals surface area contributed by atoms with Crippen LogP contribution < -0.4 is 9.64 Å². The number of allylic oxidation sites excluding steroid dienone is 1.